The fourth-order valence-electron chi connectivity index (χ4n) is 3.86. The summed E-state index contributed by atoms with van der Waals surface area (Å²) in [5, 5.41) is 0. The van der Waals surface area contributed by atoms with Crippen LogP contribution in [0, 0.1) is 17.8 Å². The lowest BCUT2D eigenvalue weighted by atomic mass is 9.75. The Morgan fingerprint density at radius 3 is 2.50 bits per heavy atom. The second-order valence-electron chi connectivity index (χ2n) is 8.20. The van der Waals surface area contributed by atoms with Gasteiger partial charge < -0.3 is 9.47 Å². The molecule has 3 atom stereocenters. The molecule has 0 saturated heterocycles. The lowest BCUT2D eigenvalue weighted by Crippen LogP contribution is -2.35. The normalized spacial score (nSPS) is 23.0. The number of carbonyl (C=O) groups excluding carboxylic acids is 1. The van der Waals surface area contributed by atoms with Crippen molar-refractivity contribution in [3.8, 4) is 5.75 Å². The topological polar surface area (TPSA) is 35.5 Å². The first-order chi connectivity index (χ1) is 12.5. The monoisotopic (exact) mass is 360 g/mol. The van der Waals surface area contributed by atoms with E-state index in [1.54, 1.807) is 0 Å². The molecular formula is C23H36O3. The lowest BCUT2D eigenvalue weighted by Gasteiger charge is -2.36. The molecule has 0 radical (unpaired) electrons. The Bertz CT molecular complexity index is 535. The fraction of sp³-hybridized carbons (Fsp3) is 0.696. The zero-order valence-corrected chi connectivity index (χ0v) is 17.0. The lowest BCUT2D eigenvalue weighted by molar-refractivity contribution is -0.0174. The van der Waals surface area contributed by atoms with Crippen LogP contribution in [0.1, 0.15) is 83.0 Å². The highest BCUT2D eigenvalue weighted by Gasteiger charge is 2.33. The van der Waals surface area contributed by atoms with Gasteiger partial charge in [-0.3, -0.25) is 0 Å². The smallest absolute Gasteiger partial charge is 0.338 e. The minimum atomic E-state index is -0.204. The third-order valence-corrected chi connectivity index (χ3v) is 5.58. The van der Waals surface area contributed by atoms with Crippen LogP contribution in [0.15, 0.2) is 24.3 Å². The van der Waals surface area contributed by atoms with Crippen LogP contribution in [0.25, 0.3) is 0 Å². The summed E-state index contributed by atoms with van der Waals surface area (Å²) < 4.78 is 11.7. The van der Waals surface area contributed by atoms with Gasteiger partial charge >= 0.3 is 5.97 Å². The highest BCUT2D eigenvalue weighted by atomic mass is 16.5. The molecule has 3 nitrogen and oxygen atoms in total. The van der Waals surface area contributed by atoms with Crippen molar-refractivity contribution < 1.29 is 14.3 Å². The SMILES string of the molecule is CCCCCCOc1ccc(C(=O)O[C@@H]2C[C@@H](C)CC[C@H]2C(C)C)cc1. The zero-order valence-electron chi connectivity index (χ0n) is 17.0. The van der Waals surface area contributed by atoms with Crippen LogP contribution in [0.5, 0.6) is 5.75 Å². The third-order valence-electron chi connectivity index (χ3n) is 5.58. The first-order valence-corrected chi connectivity index (χ1v) is 10.4. The molecule has 2 rings (SSSR count). The summed E-state index contributed by atoms with van der Waals surface area (Å²) in [7, 11) is 0. The third kappa shape index (κ3) is 6.34. The molecule has 1 aliphatic carbocycles. The van der Waals surface area contributed by atoms with Crippen molar-refractivity contribution in [3.63, 3.8) is 0 Å². The molecule has 0 N–H and O–H groups in total. The predicted molar refractivity (Wildman–Crippen MR) is 107 cm³/mol. The number of esters is 1. The van der Waals surface area contributed by atoms with Gasteiger partial charge in [-0.15, -0.1) is 0 Å². The molecule has 1 aliphatic rings. The zero-order chi connectivity index (χ0) is 18.9. The quantitative estimate of drug-likeness (QED) is 0.385. The predicted octanol–water partition coefficient (Wildman–Crippen LogP) is 6.26. The molecule has 0 amide bonds. The van der Waals surface area contributed by atoms with Crippen molar-refractivity contribution in [2.24, 2.45) is 17.8 Å². The van der Waals surface area contributed by atoms with Gasteiger partial charge in [0.1, 0.15) is 11.9 Å². The molecule has 3 heteroatoms. The summed E-state index contributed by atoms with van der Waals surface area (Å²) in [5.41, 5.74) is 0.615. The molecule has 0 aliphatic heterocycles. The van der Waals surface area contributed by atoms with E-state index in [1.165, 1.54) is 25.7 Å². The van der Waals surface area contributed by atoms with Crippen molar-refractivity contribution in [1.82, 2.24) is 0 Å². The van der Waals surface area contributed by atoms with Gasteiger partial charge in [0.15, 0.2) is 0 Å². The second-order valence-corrected chi connectivity index (χ2v) is 8.20. The highest BCUT2D eigenvalue weighted by Crippen LogP contribution is 2.35. The molecule has 26 heavy (non-hydrogen) atoms. The Hall–Kier alpha value is -1.51. The van der Waals surface area contributed by atoms with E-state index in [9.17, 15) is 4.79 Å². The van der Waals surface area contributed by atoms with Crippen LogP contribution in [0.2, 0.25) is 0 Å². The number of hydrogen-bond donors (Lipinski definition) is 0. The van der Waals surface area contributed by atoms with E-state index < -0.39 is 0 Å². The van der Waals surface area contributed by atoms with Crippen molar-refractivity contribution in [3.05, 3.63) is 29.8 Å². The van der Waals surface area contributed by atoms with Gasteiger partial charge in [0.2, 0.25) is 0 Å². The molecule has 0 spiro atoms. The van der Waals surface area contributed by atoms with Gasteiger partial charge in [-0.25, -0.2) is 4.79 Å². The van der Waals surface area contributed by atoms with E-state index in [0.29, 0.717) is 23.3 Å². The Kier molecular flexibility index (Phi) is 8.47. The van der Waals surface area contributed by atoms with E-state index >= 15 is 0 Å². The average Bonchev–Trinajstić information content (AvgIpc) is 2.62. The van der Waals surface area contributed by atoms with Gasteiger partial charge in [-0.1, -0.05) is 53.4 Å². The largest absolute Gasteiger partial charge is 0.494 e. The summed E-state index contributed by atoms with van der Waals surface area (Å²) in [4.78, 5) is 12.6. The molecule has 0 unspecified atom stereocenters. The summed E-state index contributed by atoms with van der Waals surface area (Å²) in [6, 6.07) is 7.39. The van der Waals surface area contributed by atoms with Crippen LogP contribution in [-0.2, 0) is 4.74 Å². The Labute approximate surface area is 159 Å². The van der Waals surface area contributed by atoms with Gasteiger partial charge in [0.25, 0.3) is 0 Å². The van der Waals surface area contributed by atoms with Gasteiger partial charge in [0, 0.05) is 0 Å². The van der Waals surface area contributed by atoms with E-state index in [4.69, 9.17) is 9.47 Å². The van der Waals surface area contributed by atoms with Crippen LogP contribution < -0.4 is 4.74 Å². The van der Waals surface area contributed by atoms with Crippen molar-refractivity contribution in [2.75, 3.05) is 6.61 Å². The molecule has 146 valence electrons. The van der Waals surface area contributed by atoms with E-state index in [-0.39, 0.29) is 12.1 Å². The molecular weight excluding hydrogens is 324 g/mol. The van der Waals surface area contributed by atoms with Crippen LogP contribution in [-0.4, -0.2) is 18.7 Å². The van der Waals surface area contributed by atoms with Crippen LogP contribution in [0.3, 0.4) is 0 Å². The van der Waals surface area contributed by atoms with Crippen LogP contribution >= 0.6 is 0 Å². The summed E-state index contributed by atoms with van der Waals surface area (Å²) in [6.07, 6.45) is 8.18. The summed E-state index contributed by atoms with van der Waals surface area (Å²) >= 11 is 0. The number of benzene rings is 1. The molecule has 1 fully saturated rings. The number of rotatable bonds is 9. The average molecular weight is 361 g/mol. The molecule has 0 heterocycles. The fourth-order valence-corrected chi connectivity index (χ4v) is 3.86. The molecule has 0 aromatic heterocycles. The van der Waals surface area contributed by atoms with Crippen molar-refractivity contribution >= 4 is 5.97 Å². The number of ether oxygens (including phenoxy) is 2. The molecule has 0 bridgehead atoms. The first kappa shape index (κ1) is 20.8. The van der Waals surface area contributed by atoms with Gasteiger partial charge in [-0.05, 0) is 61.3 Å². The number of unbranched alkanes of at least 4 members (excludes halogenated alkanes) is 3. The molecule has 1 aromatic rings. The molecule has 1 saturated carbocycles. The number of hydrogen-bond acceptors (Lipinski definition) is 3. The second kappa shape index (κ2) is 10.6. The first-order valence-electron chi connectivity index (χ1n) is 10.4. The Morgan fingerprint density at radius 1 is 1.12 bits per heavy atom. The van der Waals surface area contributed by atoms with Crippen molar-refractivity contribution in [2.45, 2.75) is 78.7 Å². The maximum atomic E-state index is 12.6. The van der Waals surface area contributed by atoms with Crippen molar-refractivity contribution in [1.29, 1.82) is 0 Å². The maximum Gasteiger partial charge on any atom is 0.338 e. The number of carbonyl (C=O) groups is 1. The minimum Gasteiger partial charge on any atom is -0.494 e. The van der Waals surface area contributed by atoms with E-state index in [1.807, 2.05) is 24.3 Å². The Morgan fingerprint density at radius 2 is 1.85 bits per heavy atom. The van der Waals surface area contributed by atoms with Gasteiger partial charge in [0.05, 0.1) is 12.2 Å². The van der Waals surface area contributed by atoms with Crippen LogP contribution in [0.4, 0.5) is 0 Å². The minimum absolute atomic E-state index is 0.0424. The highest BCUT2D eigenvalue weighted by molar-refractivity contribution is 5.89. The summed E-state index contributed by atoms with van der Waals surface area (Å²) in [6.45, 7) is 9.65. The maximum absolute atomic E-state index is 12.6. The summed E-state index contributed by atoms with van der Waals surface area (Å²) in [5.74, 6) is 2.27. The van der Waals surface area contributed by atoms with E-state index in [0.717, 1.165) is 31.6 Å². The molecule has 1 aromatic carbocycles. The standard InChI is InChI=1S/C23H36O3/c1-5-6-7-8-15-25-20-12-10-19(11-13-20)23(24)26-22-16-18(4)9-14-21(22)17(2)3/h10-13,17-18,21-22H,5-9,14-16H2,1-4H3/t18-,21-,22+/m0/s1. The Balaban J connectivity index is 1.86. The van der Waals surface area contributed by atoms with Gasteiger partial charge in [-0.2, -0.15) is 0 Å². The van der Waals surface area contributed by atoms with E-state index in [2.05, 4.69) is 27.7 Å².